The zero-order chi connectivity index (χ0) is 22.0. The van der Waals surface area contributed by atoms with Gasteiger partial charge >= 0.3 is 11.7 Å². The zero-order valence-corrected chi connectivity index (χ0v) is 17.0. The fourth-order valence-electron chi connectivity index (χ4n) is 2.01. The second-order valence-corrected chi connectivity index (χ2v) is 8.54. The van der Waals surface area contributed by atoms with Crippen LogP contribution in [-0.2, 0) is 17.4 Å². The maximum Gasteiger partial charge on any atom is 0.578 e. The molecule has 2 aromatic rings. The monoisotopic (exact) mass is 475 g/mol. The molecule has 2 rings (SSSR count). The van der Waals surface area contributed by atoms with Crippen molar-refractivity contribution in [2.24, 2.45) is 0 Å². The number of halogens is 6. The lowest BCUT2D eigenvalue weighted by Crippen LogP contribution is -2.23. The number of anilines is 1. The van der Waals surface area contributed by atoms with Gasteiger partial charge in [0.1, 0.15) is 22.6 Å². The zero-order valence-electron chi connectivity index (χ0n) is 14.4. The van der Waals surface area contributed by atoms with Gasteiger partial charge in [-0.2, -0.15) is 13.2 Å². The Labute approximate surface area is 170 Å². The summed E-state index contributed by atoms with van der Waals surface area (Å²) in [5.41, 5.74) is -6.36. The number of alkyl halides is 6. The van der Waals surface area contributed by atoms with E-state index in [0.717, 1.165) is 23.9 Å². The van der Waals surface area contributed by atoms with Crippen molar-refractivity contribution in [2.75, 3.05) is 11.1 Å². The van der Waals surface area contributed by atoms with Crippen molar-refractivity contribution in [3.8, 4) is 5.88 Å². The van der Waals surface area contributed by atoms with Crippen LogP contribution >= 0.6 is 20.6 Å². The van der Waals surface area contributed by atoms with Crippen LogP contribution in [0.5, 0.6) is 5.88 Å². The van der Waals surface area contributed by atoms with Crippen LogP contribution in [0, 0.1) is 0 Å². The van der Waals surface area contributed by atoms with Gasteiger partial charge in [-0.1, -0.05) is 15.8 Å². The van der Waals surface area contributed by atoms with Crippen LogP contribution in [0.3, 0.4) is 0 Å². The maximum absolute atomic E-state index is 12.9. The van der Waals surface area contributed by atoms with Gasteiger partial charge in [0.15, 0.2) is 4.90 Å². The molecule has 0 bridgehead atoms. The Morgan fingerprint density at radius 1 is 1.21 bits per heavy atom. The second-order valence-electron chi connectivity index (χ2n) is 5.26. The van der Waals surface area contributed by atoms with Gasteiger partial charge < -0.3 is 15.0 Å². The molecule has 0 aliphatic rings. The fourth-order valence-corrected chi connectivity index (χ4v) is 3.89. The summed E-state index contributed by atoms with van der Waals surface area (Å²) in [6.07, 6.45) is -3.40. The van der Waals surface area contributed by atoms with Gasteiger partial charge in [-0.05, 0) is 11.8 Å². The Morgan fingerprint density at radius 3 is 2.41 bits per heavy atom. The lowest BCUT2D eigenvalue weighted by atomic mass is 10.2. The molecule has 0 amide bonds. The highest BCUT2D eigenvalue weighted by molar-refractivity contribution is 7.99. The number of nitrogens with zero attached hydrogens (tertiary/aromatic N) is 2. The molecule has 0 radical (unpaired) electrons. The normalized spacial score (nSPS) is 13.2. The van der Waals surface area contributed by atoms with Crippen LogP contribution in [0.1, 0.15) is 18.2 Å². The molecule has 2 heterocycles. The molecule has 0 aliphatic heterocycles. The topological polar surface area (TPSA) is 81.1 Å². The van der Waals surface area contributed by atoms with Crippen LogP contribution in [0.2, 0.25) is 0 Å². The van der Waals surface area contributed by atoms with Crippen molar-refractivity contribution in [3.05, 3.63) is 35.8 Å². The smallest absolute Gasteiger partial charge is 0.578 e. The minimum atomic E-state index is -5.03. The summed E-state index contributed by atoms with van der Waals surface area (Å²) >= 11 is -2.33. The van der Waals surface area contributed by atoms with E-state index in [2.05, 4.69) is 24.1 Å². The Morgan fingerprint density at radius 2 is 1.86 bits per heavy atom. The predicted octanol–water partition coefficient (Wildman–Crippen LogP) is 4.67. The molecule has 29 heavy (non-hydrogen) atoms. The van der Waals surface area contributed by atoms with E-state index >= 15 is 0 Å². The number of rotatable bonds is 6. The first kappa shape index (κ1) is 23.6. The number of thioether (sulfide) groups is 1. The van der Waals surface area contributed by atoms with Crippen LogP contribution < -0.4 is 5.32 Å². The highest BCUT2D eigenvalue weighted by atomic mass is 32.2. The molecule has 0 aromatic carbocycles. The highest BCUT2D eigenvalue weighted by Gasteiger charge is 2.46. The Hall–Kier alpha value is -1.69. The Kier molecular flexibility index (Phi) is 7.31. The average Bonchev–Trinajstić information content (AvgIpc) is 2.61. The molecule has 1 unspecified atom stereocenters. The number of hydrogen-bond donors (Lipinski definition) is 2. The number of hydrogen-bond acceptors (Lipinski definition) is 5. The summed E-state index contributed by atoms with van der Waals surface area (Å²) in [4.78, 5) is 6.53. The van der Waals surface area contributed by atoms with E-state index in [0.29, 0.717) is 18.1 Å². The van der Waals surface area contributed by atoms with Crippen molar-refractivity contribution >= 4 is 42.9 Å². The standard InChI is InChI=1S/C15H12F6N3O2PS2/c1-2-28-10-3-7(14(16,17)18)5-22-11(10)13(27)24-9-4-8(6-23-12(9)25)29(26)15(19,20)21/h3-6,24,27H,2H2,1H3,(H,23,25). The Balaban J connectivity index is 2.37. The van der Waals surface area contributed by atoms with E-state index < -0.39 is 39.2 Å². The molecular weight excluding hydrogens is 463 g/mol. The minimum absolute atomic E-state index is 0.0308. The summed E-state index contributed by atoms with van der Waals surface area (Å²) in [5, 5.41) is 12.3. The lowest BCUT2D eigenvalue weighted by Gasteiger charge is -2.16. The summed E-state index contributed by atoms with van der Waals surface area (Å²) in [5.74, 6) is -0.289. The summed E-state index contributed by atoms with van der Waals surface area (Å²) < 4.78 is 88.1. The van der Waals surface area contributed by atoms with Gasteiger partial charge in [-0.3, -0.25) is 4.98 Å². The molecule has 2 N–H and O–H groups in total. The van der Waals surface area contributed by atoms with Gasteiger partial charge in [0.05, 0.1) is 17.2 Å². The fraction of sp³-hybridized carbons (Fsp3) is 0.267. The minimum Gasteiger partial charge on any atom is -0.604 e. The van der Waals surface area contributed by atoms with Gasteiger partial charge in [0, 0.05) is 17.2 Å². The summed E-state index contributed by atoms with van der Waals surface area (Å²) in [6.45, 7) is 1.71. The second kappa shape index (κ2) is 8.99. The van der Waals surface area contributed by atoms with Crippen molar-refractivity contribution in [1.29, 1.82) is 0 Å². The number of pyridine rings is 2. The first-order valence-electron chi connectivity index (χ1n) is 7.58. The van der Waals surface area contributed by atoms with Crippen LogP contribution in [0.15, 0.2) is 34.3 Å². The van der Waals surface area contributed by atoms with Crippen molar-refractivity contribution < 1.29 is 36.0 Å². The highest BCUT2D eigenvalue weighted by Crippen LogP contribution is 2.35. The molecule has 14 heteroatoms. The number of nitrogens with one attached hydrogen (secondary N) is 1. The molecule has 1 atom stereocenters. The summed E-state index contributed by atoms with van der Waals surface area (Å²) in [7, 11) is 3.13. The Bertz CT molecular complexity index is 911. The van der Waals surface area contributed by atoms with Crippen molar-refractivity contribution in [1.82, 2.24) is 9.97 Å². The van der Waals surface area contributed by atoms with Crippen LogP contribution in [0.4, 0.5) is 32.0 Å². The maximum atomic E-state index is 12.9. The molecule has 5 nitrogen and oxygen atoms in total. The third-order valence-corrected chi connectivity index (χ3v) is 5.59. The number of aromatic hydroxyl groups is 1. The first-order valence-corrected chi connectivity index (χ1v) is 10.2. The van der Waals surface area contributed by atoms with Crippen molar-refractivity contribution in [2.45, 2.75) is 28.4 Å². The van der Waals surface area contributed by atoms with Gasteiger partial charge in [0.25, 0.3) is 0 Å². The van der Waals surface area contributed by atoms with E-state index in [1.54, 1.807) is 6.92 Å². The molecule has 0 fully saturated rings. The molecule has 0 saturated carbocycles. The van der Waals surface area contributed by atoms with E-state index in [-0.39, 0.29) is 21.7 Å². The summed E-state index contributed by atoms with van der Waals surface area (Å²) in [6, 6.07) is 1.65. The predicted molar refractivity (Wildman–Crippen MR) is 100 cm³/mol. The third kappa shape index (κ3) is 5.91. The van der Waals surface area contributed by atoms with Crippen molar-refractivity contribution in [3.63, 3.8) is 0 Å². The lowest BCUT2D eigenvalue weighted by molar-refractivity contribution is -0.138. The van der Waals surface area contributed by atoms with E-state index in [4.69, 9.17) is 0 Å². The van der Waals surface area contributed by atoms with Crippen LogP contribution in [0.25, 0.3) is 0 Å². The SMILES string of the molecule is CCSc1cc(C(F)(F)F)cnc1C(=P)Nc1cc([S+]([O-])C(F)(F)F)cnc1O. The van der Waals surface area contributed by atoms with Gasteiger partial charge in [0.2, 0.25) is 5.88 Å². The van der Waals surface area contributed by atoms with E-state index in [1.807, 2.05) is 0 Å². The first-order chi connectivity index (χ1) is 13.3. The van der Waals surface area contributed by atoms with Gasteiger partial charge in [-0.15, -0.1) is 24.9 Å². The molecule has 0 aliphatic carbocycles. The number of aromatic nitrogens is 2. The molecule has 158 valence electrons. The van der Waals surface area contributed by atoms with E-state index in [9.17, 15) is 36.0 Å². The average molecular weight is 475 g/mol. The quantitative estimate of drug-likeness (QED) is 0.274. The largest absolute Gasteiger partial charge is 0.604 e. The van der Waals surface area contributed by atoms with Crippen LogP contribution in [-0.4, -0.2) is 36.3 Å². The molecular formula is C15H12F6N3O2PS2. The van der Waals surface area contributed by atoms with E-state index in [1.165, 1.54) is 0 Å². The molecule has 0 spiro atoms. The van der Waals surface area contributed by atoms with Gasteiger partial charge in [-0.25, -0.2) is 4.98 Å². The molecule has 0 saturated heterocycles. The third-order valence-electron chi connectivity index (χ3n) is 3.24. The molecule has 2 aromatic heterocycles.